The van der Waals surface area contributed by atoms with Crippen LogP contribution >= 0.6 is 11.6 Å². The Hall–Kier alpha value is -3.04. The first-order chi connectivity index (χ1) is 17.2. The Labute approximate surface area is 215 Å². The Kier molecular flexibility index (Phi) is 7.90. The Morgan fingerprint density at radius 3 is 2.06 bits per heavy atom. The van der Waals surface area contributed by atoms with E-state index in [2.05, 4.69) is 0 Å². The maximum absolute atomic E-state index is 13.4. The molecule has 1 atom stereocenters. The molecule has 1 heterocycles. The van der Waals surface area contributed by atoms with E-state index in [1.54, 1.807) is 24.3 Å². The van der Waals surface area contributed by atoms with Gasteiger partial charge in [0, 0.05) is 24.2 Å². The zero-order valence-corrected chi connectivity index (χ0v) is 21.5. The first kappa shape index (κ1) is 26.0. The van der Waals surface area contributed by atoms with Crippen molar-refractivity contribution in [1.82, 2.24) is 4.31 Å². The maximum Gasteiger partial charge on any atom is 0.339 e. The number of ether oxygens (including phenoxy) is 2. The van der Waals surface area contributed by atoms with Crippen LogP contribution in [0.1, 0.15) is 43.5 Å². The molecule has 9 heteroatoms. The lowest BCUT2D eigenvalue weighted by Crippen LogP contribution is -2.40. The van der Waals surface area contributed by atoms with E-state index in [0.717, 1.165) is 11.1 Å². The fourth-order valence-corrected chi connectivity index (χ4v) is 5.72. The third kappa shape index (κ3) is 5.68. The number of sulfonamides is 1. The number of halogens is 1. The minimum Gasteiger partial charge on any atom is -0.445 e. The molecule has 0 radical (unpaired) electrons. The molecule has 188 valence electrons. The summed E-state index contributed by atoms with van der Waals surface area (Å²) in [6.45, 7) is 4.75. The number of nitrogens with zero attached hydrogens (tertiary/aromatic N) is 1. The van der Waals surface area contributed by atoms with Gasteiger partial charge in [0.2, 0.25) is 15.8 Å². The van der Waals surface area contributed by atoms with Crippen molar-refractivity contribution < 1.29 is 27.5 Å². The number of morpholine rings is 1. The summed E-state index contributed by atoms with van der Waals surface area (Å²) in [4.78, 5) is 26.4. The van der Waals surface area contributed by atoms with Crippen molar-refractivity contribution in [3.8, 4) is 0 Å². The summed E-state index contributed by atoms with van der Waals surface area (Å²) in [7, 11) is -3.95. The van der Waals surface area contributed by atoms with E-state index in [4.69, 9.17) is 21.1 Å². The maximum atomic E-state index is 13.4. The highest BCUT2D eigenvalue weighted by molar-refractivity contribution is 7.89. The zero-order chi connectivity index (χ0) is 25.9. The molecule has 0 amide bonds. The van der Waals surface area contributed by atoms with Gasteiger partial charge in [0.15, 0.2) is 6.10 Å². The molecule has 0 aliphatic carbocycles. The van der Waals surface area contributed by atoms with Crippen molar-refractivity contribution in [3.05, 3.63) is 99.6 Å². The molecular weight excluding hydrogens is 502 g/mol. The molecule has 1 unspecified atom stereocenters. The lowest BCUT2D eigenvalue weighted by molar-refractivity contribution is 0.0279. The first-order valence-corrected chi connectivity index (χ1v) is 13.2. The second kappa shape index (κ2) is 10.9. The van der Waals surface area contributed by atoms with Gasteiger partial charge in [-0.3, -0.25) is 4.79 Å². The van der Waals surface area contributed by atoms with E-state index < -0.39 is 22.1 Å². The van der Waals surface area contributed by atoms with Gasteiger partial charge in [-0.15, -0.1) is 0 Å². The van der Waals surface area contributed by atoms with E-state index in [0.29, 0.717) is 11.1 Å². The Bertz CT molecular complexity index is 1360. The number of rotatable bonds is 7. The largest absolute Gasteiger partial charge is 0.445 e. The SMILES string of the molecule is Cc1ccc(C(=O)C(OC(=O)c2ccc(Cl)c(S(=O)(=O)N3CCOCC3)c2)c2ccc(C)cc2)cc1. The minimum absolute atomic E-state index is 0.0103. The van der Waals surface area contributed by atoms with E-state index in [1.165, 1.54) is 22.5 Å². The van der Waals surface area contributed by atoms with Crippen molar-refractivity contribution >= 4 is 33.4 Å². The van der Waals surface area contributed by atoms with E-state index in [9.17, 15) is 18.0 Å². The molecule has 0 N–H and O–H groups in total. The van der Waals surface area contributed by atoms with Crippen molar-refractivity contribution in [1.29, 1.82) is 0 Å². The van der Waals surface area contributed by atoms with Gasteiger partial charge >= 0.3 is 5.97 Å². The summed E-state index contributed by atoms with van der Waals surface area (Å²) in [5.41, 5.74) is 2.85. The lowest BCUT2D eigenvalue weighted by atomic mass is 9.98. The second-order valence-corrected chi connectivity index (χ2v) is 10.9. The molecular formula is C27H26ClNO6S. The van der Waals surface area contributed by atoms with Gasteiger partial charge < -0.3 is 9.47 Å². The number of benzene rings is 3. The predicted molar refractivity (Wildman–Crippen MR) is 136 cm³/mol. The van der Waals surface area contributed by atoms with Crippen LogP contribution in [0.2, 0.25) is 5.02 Å². The topological polar surface area (TPSA) is 90.0 Å². The van der Waals surface area contributed by atoms with Gasteiger partial charge in [-0.05, 0) is 32.0 Å². The number of hydrogen-bond acceptors (Lipinski definition) is 6. The number of carbonyl (C=O) groups excluding carboxylic acids is 2. The van der Waals surface area contributed by atoms with Crippen LogP contribution in [0.5, 0.6) is 0 Å². The molecule has 0 saturated carbocycles. The summed E-state index contributed by atoms with van der Waals surface area (Å²) in [6.07, 6.45) is -1.21. The fourth-order valence-electron chi connectivity index (χ4n) is 3.81. The summed E-state index contributed by atoms with van der Waals surface area (Å²) < 4.78 is 38.5. The second-order valence-electron chi connectivity index (χ2n) is 8.59. The summed E-state index contributed by atoms with van der Waals surface area (Å²) in [5.74, 6) is -1.22. The van der Waals surface area contributed by atoms with Crippen molar-refractivity contribution in [2.45, 2.75) is 24.8 Å². The van der Waals surface area contributed by atoms with Crippen LogP contribution in [0, 0.1) is 13.8 Å². The molecule has 7 nitrogen and oxygen atoms in total. The van der Waals surface area contributed by atoms with Crippen molar-refractivity contribution in [2.75, 3.05) is 26.3 Å². The van der Waals surface area contributed by atoms with Crippen LogP contribution in [-0.4, -0.2) is 50.8 Å². The van der Waals surface area contributed by atoms with Gasteiger partial charge in [0.25, 0.3) is 0 Å². The van der Waals surface area contributed by atoms with Crippen LogP contribution in [0.15, 0.2) is 71.6 Å². The molecule has 0 spiro atoms. The molecule has 1 aliphatic heterocycles. The molecule has 36 heavy (non-hydrogen) atoms. The lowest BCUT2D eigenvalue weighted by Gasteiger charge is -2.26. The summed E-state index contributed by atoms with van der Waals surface area (Å²) >= 11 is 6.22. The normalized spacial score (nSPS) is 15.3. The van der Waals surface area contributed by atoms with Crippen LogP contribution in [0.25, 0.3) is 0 Å². The van der Waals surface area contributed by atoms with Gasteiger partial charge in [-0.2, -0.15) is 4.31 Å². The monoisotopic (exact) mass is 527 g/mol. The van der Waals surface area contributed by atoms with E-state index >= 15 is 0 Å². The average Bonchev–Trinajstić information content (AvgIpc) is 2.88. The zero-order valence-electron chi connectivity index (χ0n) is 19.9. The molecule has 1 aliphatic rings. The van der Waals surface area contributed by atoms with Gasteiger partial charge in [-0.25, -0.2) is 13.2 Å². The van der Waals surface area contributed by atoms with Gasteiger partial charge in [0.05, 0.1) is 23.8 Å². The molecule has 1 fully saturated rings. The third-order valence-electron chi connectivity index (χ3n) is 5.93. The average molecular weight is 528 g/mol. The van der Waals surface area contributed by atoms with Crippen LogP contribution in [0.3, 0.4) is 0 Å². The first-order valence-electron chi connectivity index (χ1n) is 11.4. The Morgan fingerprint density at radius 1 is 0.889 bits per heavy atom. The molecule has 1 saturated heterocycles. The van der Waals surface area contributed by atoms with E-state index in [1.807, 2.05) is 38.1 Å². The minimum atomic E-state index is -3.95. The fraction of sp³-hybridized carbons (Fsp3) is 0.259. The predicted octanol–water partition coefficient (Wildman–Crippen LogP) is 4.76. The number of Topliss-reactive ketones (excluding diaryl/α,β-unsaturated/α-hetero) is 1. The van der Waals surface area contributed by atoms with Crippen molar-refractivity contribution in [3.63, 3.8) is 0 Å². The molecule has 3 aromatic carbocycles. The van der Waals surface area contributed by atoms with E-state index in [-0.39, 0.29) is 47.6 Å². The van der Waals surface area contributed by atoms with Crippen LogP contribution in [0.4, 0.5) is 0 Å². The molecule has 3 aromatic rings. The highest BCUT2D eigenvalue weighted by atomic mass is 35.5. The Balaban J connectivity index is 1.66. The number of hydrogen-bond donors (Lipinski definition) is 0. The summed E-state index contributed by atoms with van der Waals surface area (Å²) in [5, 5.41) is -0.0103. The quantitative estimate of drug-likeness (QED) is 0.325. The third-order valence-corrected chi connectivity index (χ3v) is 8.31. The highest BCUT2D eigenvalue weighted by Gasteiger charge is 2.31. The van der Waals surface area contributed by atoms with Crippen LogP contribution < -0.4 is 0 Å². The standard InChI is InChI=1S/C27H26ClNO6S/c1-18-3-7-20(8-4-18)25(30)26(21-9-5-19(2)6-10-21)35-27(31)22-11-12-23(28)24(17-22)36(32,33)29-13-15-34-16-14-29/h3-12,17,26H,13-16H2,1-2H3. The summed E-state index contributed by atoms with van der Waals surface area (Å²) in [6, 6.07) is 18.0. The van der Waals surface area contributed by atoms with Crippen LogP contribution in [-0.2, 0) is 19.5 Å². The molecule has 4 rings (SSSR count). The number of esters is 1. The number of aryl methyl sites for hydroxylation is 2. The highest BCUT2D eigenvalue weighted by Crippen LogP contribution is 2.29. The van der Waals surface area contributed by atoms with Crippen molar-refractivity contribution in [2.24, 2.45) is 0 Å². The molecule has 0 aromatic heterocycles. The number of ketones is 1. The van der Waals surface area contributed by atoms with Gasteiger partial charge in [0.1, 0.15) is 4.90 Å². The molecule has 0 bridgehead atoms. The smallest absolute Gasteiger partial charge is 0.339 e. The Morgan fingerprint density at radius 2 is 1.44 bits per heavy atom. The number of carbonyl (C=O) groups is 2. The van der Waals surface area contributed by atoms with Gasteiger partial charge in [-0.1, -0.05) is 71.3 Å².